The zero-order chi connectivity index (χ0) is 46.3. The van der Waals surface area contributed by atoms with Gasteiger partial charge in [-0.15, -0.1) is 32.9 Å². The second-order valence-corrected chi connectivity index (χ2v) is 19.7. The number of aryl methyl sites for hydroxylation is 3. The highest BCUT2D eigenvalue weighted by molar-refractivity contribution is 7.15. The number of thiazole rings is 1. The molecule has 6 aromatic rings. The Bertz CT molecular complexity index is 2840. The first kappa shape index (κ1) is 45.2. The van der Waals surface area contributed by atoms with Gasteiger partial charge in [0, 0.05) is 40.2 Å². The zero-order valence-corrected chi connectivity index (χ0v) is 39.2. The average molecular weight is 915 g/mol. The van der Waals surface area contributed by atoms with E-state index in [0.717, 1.165) is 48.3 Å². The monoisotopic (exact) mass is 914 g/mol. The number of rotatable bonds is 11. The molecule has 8 rings (SSSR count). The highest BCUT2D eigenvalue weighted by atomic mass is 32.1. The number of benzene rings is 3. The SMILES string of the molecule is COC(=O)CC1N=C(c2ccc(-c3ccc(C(=O)NC(C(=O)N4CCCC4C(=O)NCc4ccc(-c5scnc5C)cc4)C(C)(C)C)cc3F)cc2)c2c(sc(C)c2C)-n2c(C)nnc21. The van der Waals surface area contributed by atoms with Crippen LogP contribution in [0.15, 0.2) is 77.2 Å². The first-order valence-electron chi connectivity index (χ1n) is 21.5. The number of esters is 1. The lowest BCUT2D eigenvalue weighted by molar-refractivity contribution is -0.142. The number of amides is 3. The summed E-state index contributed by atoms with van der Waals surface area (Å²) in [5.41, 5.74) is 8.36. The molecule has 0 saturated carbocycles. The summed E-state index contributed by atoms with van der Waals surface area (Å²) in [6.07, 6.45) is 1.12. The van der Waals surface area contributed by atoms with Gasteiger partial charge in [0.25, 0.3) is 5.91 Å². The van der Waals surface area contributed by atoms with Crippen molar-refractivity contribution < 1.29 is 28.3 Å². The fourth-order valence-corrected chi connectivity index (χ4v) is 10.5. The van der Waals surface area contributed by atoms with Crippen molar-refractivity contribution in [3.63, 3.8) is 0 Å². The Balaban J connectivity index is 0.967. The van der Waals surface area contributed by atoms with Gasteiger partial charge in [-0.1, -0.05) is 75.4 Å². The predicted molar refractivity (Wildman–Crippen MR) is 250 cm³/mol. The number of likely N-dealkylation sites (tertiary alicyclic amines) is 1. The minimum Gasteiger partial charge on any atom is -0.469 e. The van der Waals surface area contributed by atoms with Gasteiger partial charge in [0.2, 0.25) is 11.8 Å². The summed E-state index contributed by atoms with van der Waals surface area (Å²) in [5.74, 6) is -1.04. The molecule has 3 atom stereocenters. The summed E-state index contributed by atoms with van der Waals surface area (Å²) in [4.78, 5) is 67.3. The maximum Gasteiger partial charge on any atom is 0.308 e. The molecule has 3 aromatic heterocycles. The molecule has 1 fully saturated rings. The number of ether oxygens (including phenoxy) is 1. The topological polar surface area (TPSA) is 161 Å². The number of carbonyl (C=O) groups is 4. The van der Waals surface area contributed by atoms with Crippen LogP contribution in [0.2, 0.25) is 0 Å². The number of nitrogens with zero attached hydrogens (tertiary/aromatic N) is 6. The van der Waals surface area contributed by atoms with E-state index in [1.54, 1.807) is 45.8 Å². The summed E-state index contributed by atoms with van der Waals surface area (Å²) >= 11 is 3.18. The number of aromatic nitrogens is 4. The van der Waals surface area contributed by atoms with Crippen molar-refractivity contribution in [3.05, 3.63) is 128 Å². The number of methoxy groups -OCH3 is 1. The van der Waals surface area contributed by atoms with Gasteiger partial charge in [0.15, 0.2) is 5.82 Å². The fourth-order valence-electron chi connectivity index (χ4n) is 8.46. The van der Waals surface area contributed by atoms with Crippen molar-refractivity contribution in [1.82, 2.24) is 35.3 Å². The molecule has 2 aliphatic heterocycles. The molecule has 1 saturated heterocycles. The van der Waals surface area contributed by atoms with Gasteiger partial charge in [0.05, 0.1) is 35.3 Å². The molecule has 3 unspecified atom stereocenters. The van der Waals surface area contributed by atoms with Gasteiger partial charge >= 0.3 is 5.97 Å². The maximum absolute atomic E-state index is 16.0. The van der Waals surface area contributed by atoms with Crippen LogP contribution in [-0.2, 0) is 25.7 Å². The Morgan fingerprint density at radius 3 is 2.31 bits per heavy atom. The number of thiophene rings is 1. The van der Waals surface area contributed by atoms with Crippen molar-refractivity contribution in [2.45, 2.75) is 92.4 Å². The lowest BCUT2D eigenvalue weighted by atomic mass is 9.85. The van der Waals surface area contributed by atoms with Crippen molar-refractivity contribution in [3.8, 4) is 26.6 Å². The van der Waals surface area contributed by atoms with Crippen LogP contribution < -0.4 is 10.6 Å². The van der Waals surface area contributed by atoms with Crippen LogP contribution in [0.5, 0.6) is 0 Å². The van der Waals surface area contributed by atoms with Crippen molar-refractivity contribution in [2.75, 3.05) is 13.7 Å². The van der Waals surface area contributed by atoms with Crippen molar-refractivity contribution in [1.29, 1.82) is 0 Å². The Labute approximate surface area is 385 Å². The van der Waals surface area contributed by atoms with E-state index in [-0.39, 0.29) is 29.4 Å². The lowest BCUT2D eigenvalue weighted by Crippen LogP contribution is -2.57. The molecule has 0 aliphatic carbocycles. The zero-order valence-electron chi connectivity index (χ0n) is 37.6. The van der Waals surface area contributed by atoms with Crippen LogP contribution in [0, 0.1) is 38.9 Å². The number of nitrogens with one attached hydrogen (secondary N) is 2. The van der Waals surface area contributed by atoms with Crippen LogP contribution in [0.1, 0.15) is 101 Å². The third kappa shape index (κ3) is 9.01. The van der Waals surface area contributed by atoms with E-state index in [2.05, 4.69) is 25.8 Å². The minimum atomic E-state index is -0.989. The van der Waals surface area contributed by atoms with E-state index < -0.39 is 41.2 Å². The highest BCUT2D eigenvalue weighted by Crippen LogP contribution is 2.40. The molecule has 65 heavy (non-hydrogen) atoms. The largest absolute Gasteiger partial charge is 0.469 e. The normalized spacial score (nSPS) is 16.3. The highest BCUT2D eigenvalue weighted by Gasteiger charge is 2.42. The van der Waals surface area contributed by atoms with E-state index >= 15 is 4.39 Å². The average Bonchev–Trinajstić information content (AvgIpc) is 4.08. The standard InChI is InChI=1S/C49H51FN8O5S2/c1-26-28(3)65-48-40(26)41(53-37(23-39(59)63-8)44-56-55-29(4)58(44)48)32-17-15-31(16-18-32)35-20-19-34(22-36(35)50)45(60)54-43(49(5,6)7)47(62)57-21-9-10-38(57)46(61)51-24-30-11-13-33(14-12-30)42-27(2)52-25-64-42/h11-20,22,25,37-38,43H,9-10,21,23-24H2,1-8H3,(H,51,61)(H,54,60). The molecule has 16 heteroatoms. The smallest absolute Gasteiger partial charge is 0.308 e. The van der Waals surface area contributed by atoms with Gasteiger partial charge in [-0.05, 0) is 80.3 Å². The first-order chi connectivity index (χ1) is 31.0. The molecule has 3 amide bonds. The number of aliphatic imine (C=N–C) groups is 1. The van der Waals surface area contributed by atoms with Crippen LogP contribution in [0.4, 0.5) is 4.39 Å². The van der Waals surface area contributed by atoms with Gasteiger partial charge < -0.3 is 20.3 Å². The Kier molecular flexibility index (Phi) is 12.7. The second-order valence-electron chi connectivity index (χ2n) is 17.6. The number of carbonyl (C=O) groups excluding carboxylic acids is 4. The number of hydrogen-bond acceptors (Lipinski definition) is 11. The molecule has 336 valence electrons. The second kappa shape index (κ2) is 18.2. The third-order valence-electron chi connectivity index (χ3n) is 12.2. The van der Waals surface area contributed by atoms with Gasteiger partial charge in [-0.3, -0.25) is 28.7 Å². The quantitative estimate of drug-likeness (QED) is 0.123. The summed E-state index contributed by atoms with van der Waals surface area (Å²) in [6.45, 7) is 14.2. The van der Waals surface area contributed by atoms with E-state index in [9.17, 15) is 19.2 Å². The molecule has 2 aliphatic rings. The number of hydrogen-bond donors (Lipinski definition) is 2. The number of halogens is 1. The van der Waals surface area contributed by atoms with Crippen LogP contribution in [-0.4, -0.2) is 79.8 Å². The van der Waals surface area contributed by atoms with E-state index in [1.165, 1.54) is 19.2 Å². The van der Waals surface area contributed by atoms with E-state index in [0.29, 0.717) is 48.9 Å². The van der Waals surface area contributed by atoms with Crippen LogP contribution >= 0.6 is 22.7 Å². The molecular weight excluding hydrogens is 864 g/mol. The van der Waals surface area contributed by atoms with Gasteiger partial charge in [-0.2, -0.15) is 0 Å². The lowest BCUT2D eigenvalue weighted by Gasteiger charge is -2.35. The van der Waals surface area contributed by atoms with Gasteiger partial charge in [-0.25, -0.2) is 9.37 Å². The fraction of sp³-hybridized carbons (Fsp3) is 0.347. The molecule has 2 N–H and O–H groups in total. The summed E-state index contributed by atoms with van der Waals surface area (Å²) in [7, 11) is 1.34. The van der Waals surface area contributed by atoms with E-state index in [1.807, 2.05) is 94.9 Å². The number of fused-ring (bicyclic) bond motifs is 3. The molecule has 0 spiro atoms. The molecular formula is C49H51FN8O5S2. The molecule has 3 aromatic carbocycles. The van der Waals surface area contributed by atoms with Crippen LogP contribution in [0.3, 0.4) is 0 Å². The van der Waals surface area contributed by atoms with Gasteiger partial charge in [0.1, 0.15) is 34.8 Å². The van der Waals surface area contributed by atoms with Crippen molar-refractivity contribution >= 4 is 52.1 Å². The van der Waals surface area contributed by atoms with Crippen molar-refractivity contribution in [2.24, 2.45) is 10.4 Å². The predicted octanol–water partition coefficient (Wildman–Crippen LogP) is 8.40. The Hall–Kier alpha value is -6.39. The molecule has 5 heterocycles. The Morgan fingerprint density at radius 1 is 0.938 bits per heavy atom. The summed E-state index contributed by atoms with van der Waals surface area (Å²) < 4.78 is 23.0. The van der Waals surface area contributed by atoms with Crippen LogP contribution in [0.25, 0.3) is 26.6 Å². The minimum absolute atomic E-state index is 0.0273. The Morgan fingerprint density at radius 2 is 1.65 bits per heavy atom. The molecule has 0 bridgehead atoms. The molecule has 0 radical (unpaired) electrons. The third-order valence-corrected chi connectivity index (χ3v) is 14.4. The maximum atomic E-state index is 16.0. The molecule has 13 nitrogen and oxygen atoms in total. The van der Waals surface area contributed by atoms with E-state index in [4.69, 9.17) is 9.73 Å². The first-order valence-corrected chi connectivity index (χ1v) is 23.2. The summed E-state index contributed by atoms with van der Waals surface area (Å²) in [6, 6.07) is 17.2. The summed E-state index contributed by atoms with van der Waals surface area (Å²) in [5, 5.41) is 15.5.